The van der Waals surface area contributed by atoms with Gasteiger partial charge in [-0.2, -0.15) is 0 Å². The maximum atomic E-state index is 13.2. The molecule has 0 aliphatic heterocycles. The molecule has 0 bridgehead atoms. The molecule has 0 heterocycles. The summed E-state index contributed by atoms with van der Waals surface area (Å²) in [5, 5.41) is 12.7. The van der Waals surface area contributed by atoms with Crippen molar-refractivity contribution in [3.63, 3.8) is 0 Å². The monoisotopic (exact) mass is 483 g/mol. The van der Waals surface area contributed by atoms with Crippen molar-refractivity contribution in [2.24, 2.45) is 17.4 Å². The van der Waals surface area contributed by atoms with Crippen molar-refractivity contribution in [1.82, 2.24) is 10.2 Å². The number of phenolic OH excluding ortho intramolecular Hbond substituents is 1. The normalized spacial score (nSPS) is 13.6. The maximum Gasteiger partial charge on any atom is 0.243 e. The Morgan fingerprint density at radius 3 is 2.14 bits per heavy atom. The third-order valence-electron chi connectivity index (χ3n) is 5.90. The second-order valence-electron chi connectivity index (χ2n) is 9.32. The summed E-state index contributed by atoms with van der Waals surface area (Å²) in [6.07, 6.45) is 0.480. The Kier molecular flexibility index (Phi) is 9.65. The second kappa shape index (κ2) is 12.2. The molecule has 9 nitrogen and oxygen atoms in total. The summed E-state index contributed by atoms with van der Waals surface area (Å²) in [7, 11) is 5.11. The molecule has 9 heteroatoms. The van der Waals surface area contributed by atoms with Crippen LogP contribution in [0, 0.1) is 5.92 Å². The predicted molar refractivity (Wildman–Crippen MR) is 137 cm³/mol. The first-order valence-electron chi connectivity index (χ1n) is 11.6. The lowest BCUT2D eigenvalue weighted by atomic mass is 9.98. The summed E-state index contributed by atoms with van der Waals surface area (Å²) in [5.74, 6) is -1.69. The number of phenols is 1. The van der Waals surface area contributed by atoms with E-state index >= 15 is 0 Å². The summed E-state index contributed by atoms with van der Waals surface area (Å²) < 4.78 is 0. The summed E-state index contributed by atoms with van der Waals surface area (Å²) >= 11 is 0. The molecule has 190 valence electrons. The Bertz CT molecular complexity index is 1030. The van der Waals surface area contributed by atoms with E-state index < -0.39 is 29.9 Å². The van der Waals surface area contributed by atoms with E-state index in [0.29, 0.717) is 17.7 Å². The van der Waals surface area contributed by atoms with Crippen LogP contribution in [-0.4, -0.2) is 67.0 Å². The molecule has 3 atom stereocenters. The second-order valence-corrected chi connectivity index (χ2v) is 9.32. The number of likely N-dealkylation sites (N-methyl/N-ethyl adjacent to an activating group) is 1. The standard InChI is InChI=1S/C26H37N5O4/c1-16(2)23(31(5)26(35)19(27)13-17-9-7-6-8-10-17)25(34)29-20(24(28)33)14-18-11-12-22(32)21(15-18)30(3)4/h6-12,15-16,19-20,23,32H,13-14,27H2,1-5H3,(H2,28,33)(H,29,34)/t19-,20-,23-/m0/s1. The van der Waals surface area contributed by atoms with Gasteiger partial charge in [0.1, 0.15) is 17.8 Å². The average Bonchev–Trinajstić information content (AvgIpc) is 2.79. The molecule has 0 aliphatic rings. The predicted octanol–water partition coefficient (Wildman–Crippen LogP) is 1.02. The number of nitrogens with zero attached hydrogens (tertiary/aromatic N) is 2. The first-order chi connectivity index (χ1) is 16.4. The number of nitrogens with one attached hydrogen (secondary N) is 1. The van der Waals surface area contributed by atoms with Crippen molar-refractivity contribution in [2.75, 3.05) is 26.0 Å². The summed E-state index contributed by atoms with van der Waals surface area (Å²) in [6, 6.07) is 11.7. The minimum atomic E-state index is -0.996. The molecule has 2 aromatic rings. The molecule has 0 aliphatic carbocycles. The van der Waals surface area contributed by atoms with Gasteiger partial charge in [-0.25, -0.2) is 0 Å². The van der Waals surface area contributed by atoms with Crippen LogP contribution in [0.15, 0.2) is 48.5 Å². The quantitative estimate of drug-likeness (QED) is 0.376. The number of rotatable bonds is 11. The van der Waals surface area contributed by atoms with Crippen LogP contribution < -0.4 is 21.7 Å². The SMILES string of the molecule is CC(C)[C@@H](C(=O)N[C@@H](Cc1ccc(O)c(N(C)C)c1)C(N)=O)N(C)C(=O)[C@@H](N)Cc1ccccc1. The topological polar surface area (TPSA) is 142 Å². The zero-order chi connectivity index (χ0) is 26.3. The molecule has 0 aromatic heterocycles. The van der Waals surface area contributed by atoms with Crippen molar-refractivity contribution in [1.29, 1.82) is 0 Å². The first kappa shape index (κ1) is 27.7. The fourth-order valence-corrected chi connectivity index (χ4v) is 4.05. The largest absolute Gasteiger partial charge is 0.506 e. The van der Waals surface area contributed by atoms with E-state index in [9.17, 15) is 19.5 Å². The van der Waals surface area contributed by atoms with Crippen molar-refractivity contribution >= 4 is 23.4 Å². The van der Waals surface area contributed by atoms with E-state index in [1.54, 1.807) is 38.2 Å². The van der Waals surface area contributed by atoms with E-state index in [-0.39, 0.29) is 24.0 Å². The van der Waals surface area contributed by atoms with Gasteiger partial charge >= 0.3 is 0 Å². The summed E-state index contributed by atoms with van der Waals surface area (Å²) in [6.45, 7) is 3.64. The molecule has 3 amide bonds. The highest BCUT2D eigenvalue weighted by molar-refractivity contribution is 5.93. The van der Waals surface area contributed by atoms with Gasteiger partial charge in [0.2, 0.25) is 17.7 Å². The number of hydrogen-bond donors (Lipinski definition) is 4. The lowest BCUT2D eigenvalue weighted by Gasteiger charge is -2.33. The Labute approximate surface area is 207 Å². The smallest absolute Gasteiger partial charge is 0.243 e. The number of benzene rings is 2. The molecule has 2 rings (SSSR count). The molecule has 0 radical (unpaired) electrons. The van der Waals surface area contributed by atoms with Crippen LogP contribution in [0.4, 0.5) is 5.69 Å². The van der Waals surface area contributed by atoms with Crippen molar-refractivity contribution in [3.05, 3.63) is 59.7 Å². The van der Waals surface area contributed by atoms with Gasteiger partial charge in [-0.1, -0.05) is 50.2 Å². The van der Waals surface area contributed by atoms with Gasteiger partial charge in [0, 0.05) is 27.6 Å². The highest BCUT2D eigenvalue weighted by Crippen LogP contribution is 2.27. The molecule has 35 heavy (non-hydrogen) atoms. The van der Waals surface area contributed by atoms with Gasteiger partial charge in [0.05, 0.1) is 11.7 Å². The minimum Gasteiger partial charge on any atom is -0.506 e. The molecule has 0 saturated heterocycles. The van der Waals surface area contributed by atoms with Crippen molar-refractivity contribution < 1.29 is 19.5 Å². The zero-order valence-electron chi connectivity index (χ0n) is 21.1. The van der Waals surface area contributed by atoms with E-state index in [1.807, 2.05) is 44.2 Å². The molecular formula is C26H37N5O4. The van der Waals surface area contributed by atoms with Gasteiger partial charge in [-0.3, -0.25) is 14.4 Å². The van der Waals surface area contributed by atoms with Crippen LogP contribution in [-0.2, 0) is 27.2 Å². The van der Waals surface area contributed by atoms with E-state index in [4.69, 9.17) is 11.5 Å². The average molecular weight is 484 g/mol. The van der Waals surface area contributed by atoms with E-state index in [1.165, 1.54) is 11.0 Å². The van der Waals surface area contributed by atoms with Crippen LogP contribution in [0.25, 0.3) is 0 Å². The number of primary amides is 1. The van der Waals surface area contributed by atoms with Gasteiger partial charge in [0.15, 0.2) is 0 Å². The zero-order valence-corrected chi connectivity index (χ0v) is 21.1. The number of aromatic hydroxyl groups is 1. The van der Waals surface area contributed by atoms with Crippen LogP contribution in [0.1, 0.15) is 25.0 Å². The number of amides is 3. The maximum absolute atomic E-state index is 13.2. The highest BCUT2D eigenvalue weighted by atomic mass is 16.3. The number of hydrogen-bond acceptors (Lipinski definition) is 6. The number of carbonyl (C=O) groups is 3. The van der Waals surface area contributed by atoms with Gasteiger partial charge in [-0.05, 0) is 35.6 Å². The number of nitrogens with two attached hydrogens (primary N) is 2. The summed E-state index contributed by atoms with van der Waals surface area (Å²) in [4.78, 5) is 41.6. The van der Waals surface area contributed by atoms with E-state index in [0.717, 1.165) is 5.56 Å². The van der Waals surface area contributed by atoms with E-state index in [2.05, 4.69) is 5.32 Å². The van der Waals surface area contributed by atoms with Crippen LogP contribution in [0.5, 0.6) is 5.75 Å². The van der Waals surface area contributed by atoms with Crippen LogP contribution in [0.3, 0.4) is 0 Å². The molecule has 0 unspecified atom stereocenters. The lowest BCUT2D eigenvalue weighted by Crippen LogP contribution is -2.58. The van der Waals surface area contributed by atoms with Crippen LogP contribution in [0.2, 0.25) is 0 Å². The molecule has 0 fully saturated rings. The first-order valence-corrected chi connectivity index (χ1v) is 11.6. The highest BCUT2D eigenvalue weighted by Gasteiger charge is 2.34. The van der Waals surface area contributed by atoms with Crippen LogP contribution >= 0.6 is 0 Å². The van der Waals surface area contributed by atoms with Crippen molar-refractivity contribution in [2.45, 2.75) is 44.8 Å². The molecule has 6 N–H and O–H groups in total. The Morgan fingerprint density at radius 1 is 0.971 bits per heavy atom. The van der Waals surface area contributed by atoms with Crippen molar-refractivity contribution in [3.8, 4) is 5.75 Å². The fraction of sp³-hybridized carbons (Fsp3) is 0.423. The summed E-state index contributed by atoms with van der Waals surface area (Å²) in [5.41, 5.74) is 14.0. The Hall–Kier alpha value is -3.59. The number of carbonyl (C=O) groups excluding carboxylic acids is 3. The molecular weight excluding hydrogens is 446 g/mol. The Balaban J connectivity index is 2.16. The Morgan fingerprint density at radius 2 is 1.60 bits per heavy atom. The minimum absolute atomic E-state index is 0.102. The molecule has 0 spiro atoms. The van der Waals surface area contributed by atoms with Gasteiger partial charge in [0.25, 0.3) is 0 Å². The third kappa shape index (κ3) is 7.45. The molecule has 2 aromatic carbocycles. The third-order valence-corrected chi connectivity index (χ3v) is 5.90. The molecule has 0 saturated carbocycles. The van der Waals surface area contributed by atoms with Gasteiger partial charge in [-0.15, -0.1) is 0 Å². The lowest BCUT2D eigenvalue weighted by molar-refractivity contribution is -0.142. The van der Waals surface area contributed by atoms with Gasteiger partial charge < -0.3 is 31.7 Å². The fourth-order valence-electron chi connectivity index (χ4n) is 4.05. The number of anilines is 1.